The van der Waals surface area contributed by atoms with Gasteiger partial charge >= 0.3 is 12.3 Å². The Kier molecular flexibility index (Phi) is 5.67. The monoisotopic (exact) mass is 326 g/mol. The predicted molar refractivity (Wildman–Crippen MR) is 70.7 cm³/mol. The maximum atomic E-state index is 13.9. The van der Waals surface area contributed by atoms with E-state index in [0.29, 0.717) is 25.0 Å². The number of nitro groups is 1. The number of unbranched alkanes of at least 4 members (excludes halogenated alkanes) is 2. The van der Waals surface area contributed by atoms with E-state index in [1.165, 1.54) is 0 Å². The maximum absolute atomic E-state index is 13.9. The molecular formula is C13H15F5N2O2. The topological polar surface area (TPSA) is 46.4 Å². The van der Waals surface area contributed by atoms with Crippen molar-refractivity contribution in [1.82, 2.24) is 0 Å². The summed E-state index contributed by atoms with van der Waals surface area (Å²) in [5, 5.41) is 10.5. The van der Waals surface area contributed by atoms with E-state index in [2.05, 4.69) is 0 Å². The summed E-state index contributed by atoms with van der Waals surface area (Å²) >= 11 is 0. The first kappa shape index (κ1) is 18.1. The fourth-order valence-corrected chi connectivity index (χ4v) is 1.94. The van der Waals surface area contributed by atoms with Gasteiger partial charge in [-0.05, 0) is 18.6 Å². The smallest absolute Gasteiger partial charge is 0.258 e. The summed E-state index contributed by atoms with van der Waals surface area (Å²) in [6.45, 7) is 1.75. The number of non-ortho nitro benzene ring substituents is 1. The summed E-state index contributed by atoms with van der Waals surface area (Å²) in [4.78, 5) is 8.71. The van der Waals surface area contributed by atoms with Gasteiger partial charge in [0.1, 0.15) is 0 Å². The minimum absolute atomic E-state index is 0.0525. The minimum atomic E-state index is -5.30. The Morgan fingerprint density at radius 1 is 1.09 bits per heavy atom. The highest BCUT2D eigenvalue weighted by atomic mass is 19.4. The van der Waals surface area contributed by atoms with Crippen LogP contribution in [0.5, 0.6) is 0 Å². The fraction of sp³-hybridized carbons (Fsp3) is 0.538. The second-order valence-electron chi connectivity index (χ2n) is 4.70. The molecule has 1 aromatic rings. The van der Waals surface area contributed by atoms with Crippen LogP contribution in [0.3, 0.4) is 0 Å². The molecule has 0 bridgehead atoms. The van der Waals surface area contributed by atoms with Crippen LogP contribution >= 0.6 is 0 Å². The molecule has 1 aromatic carbocycles. The highest BCUT2D eigenvalue weighted by Gasteiger charge is 2.52. The molecule has 0 aliphatic carbocycles. The van der Waals surface area contributed by atoms with Crippen LogP contribution in [0.25, 0.3) is 0 Å². The number of alkyl halides is 5. The molecule has 0 amide bonds. The van der Waals surface area contributed by atoms with Gasteiger partial charge in [0.25, 0.3) is 5.69 Å². The standard InChI is InChI=1S/C13H15F5N2O2/c1-2-3-4-9-12(14,15)19(13(16,17)18)10-5-7-11(8-6-10)20(21)22/h5-8H,2-4,9H2,1H3. The molecule has 0 heterocycles. The molecule has 0 saturated heterocycles. The molecule has 0 aliphatic rings. The molecule has 4 nitrogen and oxygen atoms in total. The van der Waals surface area contributed by atoms with Crippen LogP contribution in [0.2, 0.25) is 0 Å². The number of halogens is 5. The van der Waals surface area contributed by atoms with Crippen molar-refractivity contribution >= 4 is 11.4 Å². The van der Waals surface area contributed by atoms with Crippen LogP contribution in [0, 0.1) is 10.1 Å². The summed E-state index contributed by atoms with van der Waals surface area (Å²) in [5.74, 6) is 0. The Hall–Kier alpha value is -1.93. The zero-order valence-corrected chi connectivity index (χ0v) is 11.7. The quantitative estimate of drug-likeness (QED) is 0.230. The van der Waals surface area contributed by atoms with E-state index in [9.17, 15) is 32.1 Å². The van der Waals surface area contributed by atoms with Gasteiger partial charge in [0.15, 0.2) is 0 Å². The van der Waals surface area contributed by atoms with Gasteiger partial charge in [-0.1, -0.05) is 19.8 Å². The Bertz CT molecular complexity index is 502. The van der Waals surface area contributed by atoms with E-state index < -0.39 is 40.0 Å². The molecule has 9 heteroatoms. The second-order valence-corrected chi connectivity index (χ2v) is 4.70. The summed E-state index contributed by atoms with van der Waals surface area (Å²) in [5.41, 5.74) is -1.31. The Morgan fingerprint density at radius 3 is 2.05 bits per heavy atom. The molecule has 0 aromatic heterocycles. The summed E-state index contributed by atoms with van der Waals surface area (Å²) < 4.78 is 66.8. The summed E-state index contributed by atoms with van der Waals surface area (Å²) in [6.07, 6.45) is -5.31. The van der Waals surface area contributed by atoms with Crippen molar-refractivity contribution in [3.05, 3.63) is 34.4 Å². The molecule has 0 aliphatic heterocycles. The molecule has 0 saturated carbocycles. The Balaban J connectivity index is 3.10. The average molecular weight is 326 g/mol. The van der Waals surface area contributed by atoms with E-state index in [4.69, 9.17) is 0 Å². The van der Waals surface area contributed by atoms with E-state index in [1.807, 2.05) is 0 Å². The van der Waals surface area contributed by atoms with Crippen molar-refractivity contribution < 1.29 is 26.9 Å². The molecule has 1 rings (SSSR count). The highest BCUT2D eigenvalue weighted by Crippen LogP contribution is 2.40. The van der Waals surface area contributed by atoms with Gasteiger partial charge in [-0.25, -0.2) is 4.90 Å². The van der Waals surface area contributed by atoms with Crippen molar-refractivity contribution in [3.63, 3.8) is 0 Å². The van der Waals surface area contributed by atoms with E-state index in [-0.39, 0.29) is 6.42 Å². The molecule has 0 fully saturated rings. The van der Waals surface area contributed by atoms with Gasteiger partial charge < -0.3 is 0 Å². The summed E-state index contributed by atoms with van der Waals surface area (Å²) in [6, 6.07) is -1.27. The lowest BCUT2D eigenvalue weighted by molar-refractivity contribution is -0.384. The van der Waals surface area contributed by atoms with Crippen molar-refractivity contribution in [2.24, 2.45) is 0 Å². The van der Waals surface area contributed by atoms with Crippen molar-refractivity contribution in [3.8, 4) is 0 Å². The van der Waals surface area contributed by atoms with Gasteiger partial charge in [0.05, 0.1) is 10.6 Å². The number of nitro benzene ring substituents is 1. The average Bonchev–Trinajstić information content (AvgIpc) is 2.37. The number of hydrogen-bond donors (Lipinski definition) is 0. The van der Waals surface area contributed by atoms with Gasteiger partial charge in [-0.3, -0.25) is 10.1 Å². The third-order valence-corrected chi connectivity index (χ3v) is 2.98. The van der Waals surface area contributed by atoms with Crippen LogP contribution in [-0.2, 0) is 0 Å². The number of hydrogen-bond acceptors (Lipinski definition) is 3. The Morgan fingerprint density at radius 2 is 1.64 bits per heavy atom. The second kappa shape index (κ2) is 6.89. The number of rotatable bonds is 7. The SMILES string of the molecule is CCCCCC(F)(F)N(c1ccc([N+](=O)[O-])cc1)C(F)(F)F. The molecule has 124 valence electrons. The lowest BCUT2D eigenvalue weighted by atomic mass is 10.1. The normalized spacial score (nSPS) is 12.3. The number of benzene rings is 1. The number of nitrogens with zero attached hydrogens (tertiary/aromatic N) is 2. The third kappa shape index (κ3) is 4.54. The molecule has 0 radical (unpaired) electrons. The molecule has 0 unspecified atom stereocenters. The third-order valence-electron chi connectivity index (χ3n) is 2.98. The van der Waals surface area contributed by atoms with E-state index in [1.54, 1.807) is 6.92 Å². The fourth-order valence-electron chi connectivity index (χ4n) is 1.94. The Labute approximate surface area is 123 Å². The van der Waals surface area contributed by atoms with Crippen LogP contribution in [0.1, 0.15) is 32.6 Å². The maximum Gasteiger partial charge on any atom is 0.489 e. The van der Waals surface area contributed by atoms with Gasteiger partial charge in [-0.15, -0.1) is 13.2 Å². The largest absolute Gasteiger partial charge is 0.489 e. The minimum Gasteiger partial charge on any atom is -0.258 e. The molecule has 22 heavy (non-hydrogen) atoms. The predicted octanol–water partition coefficient (Wildman–Crippen LogP) is 5.09. The summed E-state index contributed by atoms with van der Waals surface area (Å²) in [7, 11) is 0. The van der Waals surface area contributed by atoms with Crippen molar-refractivity contribution in [1.29, 1.82) is 0 Å². The first-order chi connectivity index (χ1) is 10.1. The highest BCUT2D eigenvalue weighted by molar-refractivity contribution is 5.52. The lowest BCUT2D eigenvalue weighted by Gasteiger charge is -2.34. The van der Waals surface area contributed by atoms with Crippen LogP contribution in [-0.4, -0.2) is 17.3 Å². The zero-order chi connectivity index (χ0) is 17.0. The van der Waals surface area contributed by atoms with Crippen LogP contribution < -0.4 is 4.90 Å². The van der Waals surface area contributed by atoms with Gasteiger partial charge in [-0.2, -0.15) is 8.78 Å². The van der Waals surface area contributed by atoms with Gasteiger partial charge in [0.2, 0.25) is 0 Å². The molecule has 0 atom stereocenters. The zero-order valence-electron chi connectivity index (χ0n) is 11.7. The van der Waals surface area contributed by atoms with Crippen molar-refractivity contribution in [2.75, 3.05) is 4.90 Å². The van der Waals surface area contributed by atoms with Crippen LogP contribution in [0.15, 0.2) is 24.3 Å². The van der Waals surface area contributed by atoms with Crippen LogP contribution in [0.4, 0.5) is 33.3 Å². The first-order valence-corrected chi connectivity index (χ1v) is 6.59. The van der Waals surface area contributed by atoms with E-state index >= 15 is 0 Å². The van der Waals surface area contributed by atoms with Crippen molar-refractivity contribution in [2.45, 2.75) is 45.0 Å². The molecular weight excluding hydrogens is 311 g/mol. The number of anilines is 1. The lowest BCUT2D eigenvalue weighted by Crippen LogP contribution is -2.50. The molecule has 0 spiro atoms. The van der Waals surface area contributed by atoms with Gasteiger partial charge in [0, 0.05) is 18.6 Å². The van der Waals surface area contributed by atoms with E-state index in [0.717, 1.165) is 12.1 Å². The first-order valence-electron chi connectivity index (χ1n) is 6.59. The molecule has 0 N–H and O–H groups in total.